The fourth-order valence-corrected chi connectivity index (χ4v) is 3.96. The predicted molar refractivity (Wildman–Crippen MR) is 99.2 cm³/mol. The molecule has 0 unspecified atom stereocenters. The molecule has 2 aliphatic heterocycles. The van der Waals surface area contributed by atoms with Gasteiger partial charge in [-0.3, -0.25) is 9.59 Å². The Morgan fingerprint density at radius 3 is 2.85 bits per heavy atom. The van der Waals surface area contributed by atoms with E-state index in [4.69, 9.17) is 4.74 Å². The molecule has 2 aliphatic rings. The van der Waals surface area contributed by atoms with Crippen LogP contribution in [0.15, 0.2) is 18.2 Å². The number of ether oxygens (including phenoxy) is 1. The van der Waals surface area contributed by atoms with Crippen molar-refractivity contribution in [1.29, 1.82) is 0 Å². The molecular weight excluding hydrogens is 332 g/mol. The summed E-state index contributed by atoms with van der Waals surface area (Å²) in [4.78, 5) is 35.4. The van der Waals surface area contributed by atoms with Crippen molar-refractivity contribution in [2.24, 2.45) is 5.41 Å². The normalized spacial score (nSPS) is 23.0. The molecule has 1 aromatic heterocycles. The highest BCUT2D eigenvalue weighted by Crippen LogP contribution is 2.41. The van der Waals surface area contributed by atoms with Crippen LogP contribution in [0.5, 0.6) is 0 Å². The first kappa shape index (κ1) is 18.6. The molecule has 0 bridgehead atoms. The summed E-state index contributed by atoms with van der Waals surface area (Å²) in [6.07, 6.45) is 2.78. The number of piperidine rings is 1. The van der Waals surface area contributed by atoms with E-state index in [1.54, 1.807) is 27.3 Å². The summed E-state index contributed by atoms with van der Waals surface area (Å²) in [5, 5.41) is 0. The summed E-state index contributed by atoms with van der Waals surface area (Å²) >= 11 is 0. The molecule has 7 nitrogen and oxygen atoms in total. The Labute approximate surface area is 154 Å². The van der Waals surface area contributed by atoms with Crippen LogP contribution < -0.4 is 4.90 Å². The Kier molecular flexibility index (Phi) is 5.46. The lowest BCUT2D eigenvalue weighted by atomic mass is 9.78. The van der Waals surface area contributed by atoms with Crippen molar-refractivity contribution in [1.82, 2.24) is 14.8 Å². The maximum Gasteiger partial charge on any atom is 0.272 e. The zero-order valence-electron chi connectivity index (χ0n) is 15.9. The Bertz CT molecular complexity index is 679. The van der Waals surface area contributed by atoms with Gasteiger partial charge < -0.3 is 19.4 Å². The van der Waals surface area contributed by atoms with Gasteiger partial charge in [-0.15, -0.1) is 0 Å². The summed E-state index contributed by atoms with van der Waals surface area (Å²) in [5.41, 5.74) is 0.111. The molecule has 0 aromatic carbocycles. The molecule has 1 aromatic rings. The van der Waals surface area contributed by atoms with Gasteiger partial charge in [-0.05, 0) is 31.4 Å². The molecule has 1 atom stereocenters. The van der Waals surface area contributed by atoms with E-state index in [1.807, 2.05) is 17.0 Å². The molecule has 0 N–H and O–H groups in total. The summed E-state index contributed by atoms with van der Waals surface area (Å²) in [5.74, 6) is 0.903. The van der Waals surface area contributed by atoms with Crippen LogP contribution in [0.2, 0.25) is 0 Å². The van der Waals surface area contributed by atoms with Gasteiger partial charge in [-0.2, -0.15) is 0 Å². The first-order chi connectivity index (χ1) is 12.5. The predicted octanol–water partition coefficient (Wildman–Crippen LogP) is 1.25. The minimum Gasteiger partial charge on any atom is -0.383 e. The highest BCUT2D eigenvalue weighted by molar-refractivity contribution is 5.92. The highest BCUT2D eigenvalue weighted by atomic mass is 16.5. The summed E-state index contributed by atoms with van der Waals surface area (Å²) < 4.78 is 5.14. The van der Waals surface area contributed by atoms with E-state index in [0.717, 1.165) is 38.2 Å². The molecule has 3 rings (SSSR count). The molecule has 2 saturated heterocycles. The van der Waals surface area contributed by atoms with Gasteiger partial charge in [0.2, 0.25) is 5.91 Å². The average Bonchev–Trinajstić information content (AvgIpc) is 3.07. The number of hydrogen-bond donors (Lipinski definition) is 0. The first-order valence-corrected chi connectivity index (χ1v) is 9.19. The SMILES string of the molecule is COCCN1CCC[C@]2(CCN(c3cccc(C(=O)N(C)C)n3)C2)C1=O. The molecule has 1 spiro atoms. The third-order valence-electron chi connectivity index (χ3n) is 5.43. The van der Waals surface area contributed by atoms with Gasteiger partial charge in [0.1, 0.15) is 11.5 Å². The molecule has 0 radical (unpaired) electrons. The molecule has 2 fully saturated rings. The monoisotopic (exact) mass is 360 g/mol. The average molecular weight is 360 g/mol. The van der Waals surface area contributed by atoms with Gasteiger partial charge in [0.25, 0.3) is 5.91 Å². The number of carbonyl (C=O) groups excluding carboxylic acids is 2. The highest BCUT2D eigenvalue weighted by Gasteiger charge is 2.48. The molecule has 0 saturated carbocycles. The van der Waals surface area contributed by atoms with Gasteiger partial charge in [-0.25, -0.2) is 4.98 Å². The van der Waals surface area contributed by atoms with Crippen LogP contribution in [0.1, 0.15) is 29.8 Å². The third kappa shape index (κ3) is 3.53. The lowest BCUT2D eigenvalue weighted by molar-refractivity contribution is -0.145. The van der Waals surface area contributed by atoms with Gasteiger partial charge >= 0.3 is 0 Å². The van der Waals surface area contributed by atoms with Gasteiger partial charge in [-0.1, -0.05) is 6.07 Å². The third-order valence-corrected chi connectivity index (χ3v) is 5.43. The van der Waals surface area contributed by atoms with Gasteiger partial charge in [0.05, 0.1) is 12.0 Å². The van der Waals surface area contributed by atoms with Crippen LogP contribution in [0.25, 0.3) is 0 Å². The fraction of sp³-hybridized carbons (Fsp3) is 0.632. The van der Waals surface area contributed by atoms with Crippen molar-refractivity contribution in [2.45, 2.75) is 19.3 Å². The second-order valence-electron chi connectivity index (χ2n) is 7.42. The van der Waals surface area contributed by atoms with Crippen molar-refractivity contribution in [3.8, 4) is 0 Å². The number of nitrogens with zero attached hydrogens (tertiary/aromatic N) is 4. The van der Waals surface area contributed by atoms with Gasteiger partial charge in [0, 0.05) is 47.4 Å². The summed E-state index contributed by atoms with van der Waals surface area (Å²) in [7, 11) is 5.10. The first-order valence-electron chi connectivity index (χ1n) is 9.19. The van der Waals surface area contributed by atoms with E-state index in [2.05, 4.69) is 9.88 Å². The Balaban J connectivity index is 1.75. The van der Waals surface area contributed by atoms with Crippen molar-refractivity contribution in [3.63, 3.8) is 0 Å². The molecule has 3 heterocycles. The Hall–Kier alpha value is -2.15. The summed E-state index contributed by atoms with van der Waals surface area (Å²) in [6.45, 7) is 3.50. The molecule has 2 amide bonds. The lowest BCUT2D eigenvalue weighted by Crippen LogP contribution is -2.51. The Morgan fingerprint density at radius 2 is 2.12 bits per heavy atom. The minimum absolute atomic E-state index is 0.111. The molecule has 142 valence electrons. The number of hydrogen-bond acceptors (Lipinski definition) is 5. The topological polar surface area (TPSA) is 66.0 Å². The van der Waals surface area contributed by atoms with E-state index in [-0.39, 0.29) is 17.2 Å². The molecule has 26 heavy (non-hydrogen) atoms. The van der Waals surface area contributed by atoms with Crippen LogP contribution >= 0.6 is 0 Å². The van der Waals surface area contributed by atoms with Crippen LogP contribution in [-0.4, -0.2) is 80.6 Å². The van der Waals surface area contributed by atoms with Crippen molar-refractivity contribution in [3.05, 3.63) is 23.9 Å². The number of pyridine rings is 1. The van der Waals surface area contributed by atoms with Gasteiger partial charge in [0.15, 0.2) is 0 Å². The van der Waals surface area contributed by atoms with Crippen LogP contribution in [0.4, 0.5) is 5.82 Å². The molecular formula is C19H28N4O3. The largest absolute Gasteiger partial charge is 0.383 e. The standard InChI is InChI=1S/C19H28N4O3/c1-21(2)17(24)15-6-4-7-16(20-15)23-11-9-19(14-23)8-5-10-22(18(19)25)12-13-26-3/h4,6-7H,5,8-14H2,1-3H3/t19-/m1/s1. The number of likely N-dealkylation sites (tertiary alicyclic amines) is 1. The van der Waals surface area contributed by atoms with E-state index in [9.17, 15) is 9.59 Å². The van der Waals surface area contributed by atoms with Crippen LogP contribution in [-0.2, 0) is 9.53 Å². The number of amides is 2. The fourth-order valence-electron chi connectivity index (χ4n) is 3.96. The van der Waals surface area contributed by atoms with E-state index >= 15 is 0 Å². The van der Waals surface area contributed by atoms with E-state index < -0.39 is 0 Å². The van der Waals surface area contributed by atoms with E-state index in [1.165, 1.54) is 4.90 Å². The van der Waals surface area contributed by atoms with Crippen molar-refractivity contribution in [2.75, 3.05) is 58.9 Å². The second kappa shape index (κ2) is 7.61. The number of aromatic nitrogens is 1. The van der Waals surface area contributed by atoms with Crippen molar-refractivity contribution < 1.29 is 14.3 Å². The quantitative estimate of drug-likeness (QED) is 0.791. The maximum atomic E-state index is 13.1. The number of rotatable bonds is 5. The smallest absolute Gasteiger partial charge is 0.272 e. The zero-order valence-corrected chi connectivity index (χ0v) is 15.9. The van der Waals surface area contributed by atoms with Crippen molar-refractivity contribution >= 4 is 17.6 Å². The number of carbonyl (C=O) groups is 2. The zero-order chi connectivity index (χ0) is 18.7. The van der Waals surface area contributed by atoms with Crippen LogP contribution in [0, 0.1) is 5.41 Å². The summed E-state index contributed by atoms with van der Waals surface area (Å²) in [6, 6.07) is 5.51. The molecule has 0 aliphatic carbocycles. The number of methoxy groups -OCH3 is 1. The minimum atomic E-state index is -0.324. The van der Waals surface area contributed by atoms with Crippen LogP contribution in [0.3, 0.4) is 0 Å². The maximum absolute atomic E-state index is 13.1. The lowest BCUT2D eigenvalue weighted by Gasteiger charge is -2.39. The Morgan fingerprint density at radius 1 is 1.31 bits per heavy atom. The molecule has 7 heteroatoms. The van der Waals surface area contributed by atoms with E-state index in [0.29, 0.717) is 25.4 Å². The second-order valence-corrected chi connectivity index (χ2v) is 7.42. The number of anilines is 1.